The maximum Gasteiger partial charge on any atom is 0.303 e. The van der Waals surface area contributed by atoms with Crippen LogP contribution < -0.4 is 10.1 Å². The summed E-state index contributed by atoms with van der Waals surface area (Å²) >= 11 is 6.04. The highest BCUT2D eigenvalue weighted by Crippen LogP contribution is 2.29. The Morgan fingerprint density at radius 1 is 1.33 bits per heavy atom. The second kappa shape index (κ2) is 7.31. The fourth-order valence-corrected chi connectivity index (χ4v) is 2.20. The third-order valence-electron chi connectivity index (χ3n) is 2.78. The summed E-state index contributed by atoms with van der Waals surface area (Å²) in [6.07, 6.45) is 0.0502. The molecule has 21 heavy (non-hydrogen) atoms. The van der Waals surface area contributed by atoms with Crippen molar-refractivity contribution in [2.45, 2.75) is 33.6 Å². The lowest BCUT2D eigenvalue weighted by Crippen LogP contribution is -2.24. The van der Waals surface area contributed by atoms with Gasteiger partial charge in [0.05, 0.1) is 18.1 Å². The molecule has 0 atom stereocenters. The van der Waals surface area contributed by atoms with E-state index in [1.54, 1.807) is 32.0 Å². The molecule has 5 nitrogen and oxygen atoms in total. The molecule has 1 rings (SSSR count). The van der Waals surface area contributed by atoms with Gasteiger partial charge in [-0.2, -0.15) is 0 Å². The van der Waals surface area contributed by atoms with Gasteiger partial charge >= 0.3 is 5.97 Å². The zero-order valence-electron chi connectivity index (χ0n) is 12.4. The van der Waals surface area contributed by atoms with Crippen LogP contribution in [0.4, 0.5) is 5.69 Å². The molecule has 0 heterocycles. The van der Waals surface area contributed by atoms with Gasteiger partial charge in [0.25, 0.3) is 0 Å². The zero-order valence-corrected chi connectivity index (χ0v) is 13.2. The van der Waals surface area contributed by atoms with Crippen molar-refractivity contribution in [2.24, 2.45) is 5.41 Å². The van der Waals surface area contributed by atoms with Gasteiger partial charge in [0.1, 0.15) is 5.75 Å². The predicted molar refractivity (Wildman–Crippen MR) is 81.9 cm³/mol. The summed E-state index contributed by atoms with van der Waals surface area (Å²) in [5, 5.41) is 11.9. The Morgan fingerprint density at radius 3 is 2.52 bits per heavy atom. The number of nitrogens with one attached hydrogen (secondary N) is 1. The molecule has 116 valence electrons. The van der Waals surface area contributed by atoms with Gasteiger partial charge in [0, 0.05) is 12.1 Å². The van der Waals surface area contributed by atoms with E-state index < -0.39 is 11.4 Å². The number of benzene rings is 1. The summed E-state index contributed by atoms with van der Waals surface area (Å²) in [4.78, 5) is 22.7. The summed E-state index contributed by atoms with van der Waals surface area (Å²) in [7, 11) is 0. The average Bonchev–Trinajstić information content (AvgIpc) is 2.30. The van der Waals surface area contributed by atoms with Crippen molar-refractivity contribution < 1.29 is 19.4 Å². The largest absolute Gasteiger partial charge is 0.492 e. The highest BCUT2D eigenvalue weighted by molar-refractivity contribution is 6.32. The highest BCUT2D eigenvalue weighted by Gasteiger charge is 2.25. The highest BCUT2D eigenvalue weighted by atomic mass is 35.5. The van der Waals surface area contributed by atoms with E-state index in [1.807, 2.05) is 6.92 Å². The number of carbonyl (C=O) groups excluding carboxylic acids is 1. The summed E-state index contributed by atoms with van der Waals surface area (Å²) in [6.45, 7) is 5.85. The molecule has 1 aromatic rings. The van der Waals surface area contributed by atoms with E-state index in [9.17, 15) is 9.59 Å². The van der Waals surface area contributed by atoms with Crippen molar-refractivity contribution >= 4 is 29.2 Å². The number of hydrogen-bond acceptors (Lipinski definition) is 3. The molecular formula is C15H20ClNO4. The molecule has 0 aromatic heterocycles. The van der Waals surface area contributed by atoms with Crippen molar-refractivity contribution in [3.8, 4) is 5.75 Å². The standard InChI is InChI=1S/C15H20ClNO4/c1-4-21-12-6-5-10(7-11(12)16)17-13(18)8-15(2,3)9-14(19)20/h5-7H,4,8-9H2,1-3H3,(H,17,18)(H,19,20). The van der Waals surface area contributed by atoms with Gasteiger partial charge in [-0.15, -0.1) is 0 Å². The molecule has 0 radical (unpaired) electrons. The van der Waals surface area contributed by atoms with Crippen LogP contribution in [0.2, 0.25) is 5.02 Å². The number of carboxylic acid groups (broad SMARTS) is 1. The SMILES string of the molecule is CCOc1ccc(NC(=O)CC(C)(C)CC(=O)O)cc1Cl. The molecule has 0 spiro atoms. The van der Waals surface area contributed by atoms with Gasteiger partial charge in [0.15, 0.2) is 0 Å². The summed E-state index contributed by atoms with van der Waals surface area (Å²) < 4.78 is 5.31. The second-order valence-electron chi connectivity index (χ2n) is 5.54. The topological polar surface area (TPSA) is 75.6 Å². The van der Waals surface area contributed by atoms with Crippen molar-refractivity contribution in [3.05, 3.63) is 23.2 Å². The zero-order chi connectivity index (χ0) is 16.0. The number of carbonyl (C=O) groups is 2. The van der Waals surface area contributed by atoms with Crippen LogP contribution >= 0.6 is 11.6 Å². The number of anilines is 1. The van der Waals surface area contributed by atoms with Crippen molar-refractivity contribution in [2.75, 3.05) is 11.9 Å². The normalized spacial score (nSPS) is 11.0. The molecular weight excluding hydrogens is 294 g/mol. The van der Waals surface area contributed by atoms with Crippen LogP contribution in [0.25, 0.3) is 0 Å². The minimum absolute atomic E-state index is 0.0650. The van der Waals surface area contributed by atoms with E-state index in [0.717, 1.165) is 0 Å². The summed E-state index contributed by atoms with van der Waals surface area (Å²) in [5.74, 6) is -0.609. The molecule has 0 aliphatic heterocycles. The fourth-order valence-electron chi connectivity index (χ4n) is 1.96. The minimum atomic E-state index is -0.920. The molecule has 0 unspecified atom stereocenters. The number of carboxylic acids is 1. The van der Waals surface area contributed by atoms with Crippen LogP contribution in [0.15, 0.2) is 18.2 Å². The molecule has 0 saturated carbocycles. The quantitative estimate of drug-likeness (QED) is 0.807. The molecule has 6 heteroatoms. The maximum absolute atomic E-state index is 12.0. The number of ether oxygens (including phenoxy) is 1. The number of halogens is 1. The Kier molecular flexibility index (Phi) is 6.03. The molecule has 0 aliphatic rings. The van der Waals surface area contributed by atoms with Gasteiger partial charge in [-0.1, -0.05) is 25.4 Å². The van der Waals surface area contributed by atoms with Crippen LogP contribution in [0.5, 0.6) is 5.75 Å². The Labute approximate surface area is 129 Å². The van der Waals surface area contributed by atoms with Crippen molar-refractivity contribution in [1.82, 2.24) is 0 Å². The van der Waals surface area contributed by atoms with Crippen LogP contribution in [0.1, 0.15) is 33.6 Å². The second-order valence-corrected chi connectivity index (χ2v) is 5.95. The Hall–Kier alpha value is -1.75. The van der Waals surface area contributed by atoms with Crippen molar-refractivity contribution in [1.29, 1.82) is 0 Å². The van der Waals surface area contributed by atoms with Gasteiger partial charge < -0.3 is 15.2 Å². The smallest absolute Gasteiger partial charge is 0.303 e. The van der Waals surface area contributed by atoms with Crippen LogP contribution in [0.3, 0.4) is 0 Å². The van der Waals surface area contributed by atoms with Crippen LogP contribution in [0, 0.1) is 5.41 Å². The van der Waals surface area contributed by atoms with Gasteiger partial charge in [-0.3, -0.25) is 9.59 Å². The third kappa shape index (κ3) is 6.04. The van der Waals surface area contributed by atoms with Crippen LogP contribution in [-0.2, 0) is 9.59 Å². The summed E-state index contributed by atoms with van der Waals surface area (Å²) in [5.41, 5.74) is -0.0510. The first-order valence-corrected chi connectivity index (χ1v) is 7.05. The van der Waals surface area contributed by atoms with E-state index in [0.29, 0.717) is 23.1 Å². The third-order valence-corrected chi connectivity index (χ3v) is 3.08. The Balaban J connectivity index is 2.67. The van der Waals surface area contributed by atoms with E-state index in [1.165, 1.54) is 0 Å². The average molecular weight is 314 g/mol. The van der Waals surface area contributed by atoms with Gasteiger partial charge in [-0.05, 0) is 30.5 Å². The van der Waals surface area contributed by atoms with E-state index >= 15 is 0 Å². The lowest BCUT2D eigenvalue weighted by molar-refractivity contribution is -0.139. The lowest BCUT2D eigenvalue weighted by atomic mass is 9.85. The maximum atomic E-state index is 12.0. The molecule has 1 amide bonds. The fraction of sp³-hybridized carbons (Fsp3) is 0.467. The molecule has 0 aliphatic carbocycles. The monoisotopic (exact) mass is 313 g/mol. The lowest BCUT2D eigenvalue weighted by Gasteiger charge is -2.21. The Morgan fingerprint density at radius 2 is 2.00 bits per heavy atom. The van der Waals surface area contributed by atoms with Crippen molar-refractivity contribution in [3.63, 3.8) is 0 Å². The molecule has 2 N–H and O–H groups in total. The number of amides is 1. The van der Waals surface area contributed by atoms with E-state index in [4.69, 9.17) is 21.4 Å². The predicted octanol–water partition coefficient (Wildman–Crippen LogP) is 3.57. The molecule has 0 saturated heterocycles. The van der Waals surface area contributed by atoms with E-state index in [-0.39, 0.29) is 18.7 Å². The number of aliphatic carboxylic acids is 1. The number of hydrogen-bond donors (Lipinski definition) is 2. The van der Waals surface area contributed by atoms with E-state index in [2.05, 4.69) is 5.32 Å². The molecule has 1 aromatic carbocycles. The first-order chi connectivity index (χ1) is 9.73. The number of rotatable bonds is 7. The van der Waals surface area contributed by atoms with Gasteiger partial charge in [-0.25, -0.2) is 0 Å². The molecule has 0 fully saturated rings. The first kappa shape index (κ1) is 17.3. The van der Waals surface area contributed by atoms with Crippen LogP contribution in [-0.4, -0.2) is 23.6 Å². The summed E-state index contributed by atoms with van der Waals surface area (Å²) in [6, 6.07) is 4.98. The molecule has 0 bridgehead atoms. The minimum Gasteiger partial charge on any atom is -0.492 e. The van der Waals surface area contributed by atoms with Gasteiger partial charge in [0.2, 0.25) is 5.91 Å². The Bertz CT molecular complexity index is 528. The first-order valence-electron chi connectivity index (χ1n) is 6.67.